The zero-order valence-electron chi connectivity index (χ0n) is 15.8. The molecular formula is C19H21N3O5S. The minimum absolute atomic E-state index is 0.00606. The molecule has 148 valence electrons. The highest BCUT2D eigenvalue weighted by molar-refractivity contribution is 7.09. The van der Waals surface area contributed by atoms with Crippen LogP contribution in [0.15, 0.2) is 35.7 Å². The van der Waals surface area contributed by atoms with Crippen LogP contribution >= 0.6 is 11.3 Å². The van der Waals surface area contributed by atoms with Gasteiger partial charge in [-0.05, 0) is 44.5 Å². The number of nitrogens with zero attached hydrogens (tertiary/aromatic N) is 3. The Morgan fingerprint density at radius 3 is 2.57 bits per heavy atom. The van der Waals surface area contributed by atoms with Crippen molar-refractivity contribution in [3.8, 4) is 0 Å². The SMILES string of the molecule is CCOC(=O)c1csc(CN(C(=O)C=Cc2ccc([N+](=O)[O-])cc2)C(C)C)n1. The lowest BCUT2D eigenvalue weighted by molar-refractivity contribution is -0.384. The van der Waals surface area contributed by atoms with Gasteiger partial charge in [0.15, 0.2) is 5.69 Å². The molecule has 0 aliphatic heterocycles. The van der Waals surface area contributed by atoms with Gasteiger partial charge in [-0.3, -0.25) is 14.9 Å². The molecule has 0 bridgehead atoms. The van der Waals surface area contributed by atoms with Crippen LogP contribution in [0.4, 0.5) is 5.69 Å². The van der Waals surface area contributed by atoms with Gasteiger partial charge in [0, 0.05) is 29.6 Å². The third-order valence-corrected chi connectivity index (χ3v) is 4.60. The van der Waals surface area contributed by atoms with Crippen LogP contribution in [0.25, 0.3) is 6.08 Å². The highest BCUT2D eigenvalue weighted by Crippen LogP contribution is 2.17. The summed E-state index contributed by atoms with van der Waals surface area (Å²) in [6.07, 6.45) is 3.02. The number of benzene rings is 1. The molecule has 0 N–H and O–H groups in total. The van der Waals surface area contributed by atoms with Crippen LogP contribution < -0.4 is 0 Å². The molecule has 1 aromatic heterocycles. The molecule has 0 radical (unpaired) electrons. The van der Waals surface area contributed by atoms with E-state index in [1.54, 1.807) is 35.4 Å². The predicted octanol–water partition coefficient (Wildman–Crippen LogP) is 3.68. The van der Waals surface area contributed by atoms with Crippen molar-refractivity contribution in [3.05, 3.63) is 62.1 Å². The second kappa shape index (κ2) is 9.75. The standard InChI is InChI=1S/C19H21N3O5S/c1-4-27-19(24)16-12-28-17(20-16)11-21(13(2)3)18(23)10-7-14-5-8-15(9-6-14)22(25)26/h5-10,12-13H,4,11H2,1-3H3. The minimum atomic E-state index is -0.481. The molecule has 0 unspecified atom stereocenters. The van der Waals surface area contributed by atoms with Crippen molar-refractivity contribution in [2.45, 2.75) is 33.4 Å². The van der Waals surface area contributed by atoms with Gasteiger partial charge in [0.2, 0.25) is 5.91 Å². The van der Waals surface area contributed by atoms with Gasteiger partial charge in [0.1, 0.15) is 5.01 Å². The number of nitro groups is 1. The molecule has 28 heavy (non-hydrogen) atoms. The Morgan fingerprint density at radius 1 is 1.32 bits per heavy atom. The van der Waals surface area contributed by atoms with Crippen LogP contribution in [0.2, 0.25) is 0 Å². The molecular weight excluding hydrogens is 382 g/mol. The number of nitro benzene ring substituents is 1. The molecule has 1 heterocycles. The summed E-state index contributed by atoms with van der Waals surface area (Å²) < 4.78 is 4.92. The fourth-order valence-electron chi connectivity index (χ4n) is 2.31. The number of carbonyl (C=O) groups excluding carboxylic acids is 2. The van der Waals surface area contributed by atoms with Gasteiger partial charge in [0.25, 0.3) is 5.69 Å². The van der Waals surface area contributed by atoms with Gasteiger partial charge in [-0.1, -0.05) is 0 Å². The highest BCUT2D eigenvalue weighted by Gasteiger charge is 2.18. The topological polar surface area (TPSA) is 103 Å². The molecule has 1 aromatic carbocycles. The monoisotopic (exact) mass is 403 g/mol. The van der Waals surface area contributed by atoms with Crippen molar-refractivity contribution in [3.63, 3.8) is 0 Å². The van der Waals surface area contributed by atoms with E-state index in [1.807, 2.05) is 13.8 Å². The van der Waals surface area contributed by atoms with Crippen molar-refractivity contribution < 1.29 is 19.2 Å². The summed E-state index contributed by atoms with van der Waals surface area (Å²) in [6.45, 7) is 6.04. The van der Waals surface area contributed by atoms with Crippen molar-refractivity contribution in [2.24, 2.45) is 0 Å². The largest absolute Gasteiger partial charge is 0.461 e. The molecule has 8 nitrogen and oxygen atoms in total. The predicted molar refractivity (Wildman–Crippen MR) is 106 cm³/mol. The first-order chi connectivity index (χ1) is 13.3. The molecule has 0 saturated heterocycles. The Hall–Kier alpha value is -3.07. The fraction of sp³-hybridized carbons (Fsp3) is 0.316. The smallest absolute Gasteiger partial charge is 0.357 e. The number of rotatable bonds is 8. The van der Waals surface area contributed by atoms with E-state index in [2.05, 4.69) is 4.98 Å². The fourth-order valence-corrected chi connectivity index (χ4v) is 3.07. The number of thiazole rings is 1. The lowest BCUT2D eigenvalue weighted by Crippen LogP contribution is -2.35. The van der Waals surface area contributed by atoms with Gasteiger partial charge in [-0.15, -0.1) is 11.3 Å². The molecule has 2 rings (SSSR count). The van der Waals surface area contributed by atoms with Gasteiger partial charge >= 0.3 is 5.97 Å². The Kier molecular flexibility index (Phi) is 7.39. The Labute approximate surface area is 166 Å². The van der Waals surface area contributed by atoms with E-state index in [0.29, 0.717) is 10.6 Å². The number of hydrogen-bond acceptors (Lipinski definition) is 7. The van der Waals surface area contributed by atoms with E-state index in [4.69, 9.17) is 4.74 Å². The Balaban J connectivity index is 2.07. The van der Waals surface area contributed by atoms with E-state index in [-0.39, 0.29) is 36.5 Å². The molecule has 0 aliphatic rings. The average Bonchev–Trinajstić information content (AvgIpc) is 3.13. The first-order valence-electron chi connectivity index (χ1n) is 8.66. The highest BCUT2D eigenvalue weighted by atomic mass is 32.1. The molecule has 0 fully saturated rings. The molecule has 0 aliphatic carbocycles. The van der Waals surface area contributed by atoms with Crippen LogP contribution in [0.5, 0.6) is 0 Å². The first kappa shape index (κ1) is 21.2. The summed E-state index contributed by atoms with van der Waals surface area (Å²) in [6, 6.07) is 5.85. The number of carbonyl (C=O) groups is 2. The maximum absolute atomic E-state index is 12.6. The van der Waals surface area contributed by atoms with Gasteiger partial charge in [-0.2, -0.15) is 0 Å². The van der Waals surface area contributed by atoms with Crippen LogP contribution in [0.1, 0.15) is 41.8 Å². The van der Waals surface area contributed by atoms with E-state index in [9.17, 15) is 19.7 Å². The minimum Gasteiger partial charge on any atom is -0.461 e. The van der Waals surface area contributed by atoms with E-state index < -0.39 is 10.9 Å². The number of hydrogen-bond donors (Lipinski definition) is 0. The lowest BCUT2D eigenvalue weighted by Gasteiger charge is -2.24. The summed E-state index contributed by atoms with van der Waals surface area (Å²) in [5.41, 5.74) is 0.911. The van der Waals surface area contributed by atoms with Crippen LogP contribution in [0, 0.1) is 10.1 Å². The number of aromatic nitrogens is 1. The second-order valence-electron chi connectivity index (χ2n) is 6.09. The summed E-state index contributed by atoms with van der Waals surface area (Å²) in [5.74, 6) is -0.702. The Morgan fingerprint density at radius 2 is 2.00 bits per heavy atom. The molecule has 2 aromatic rings. The zero-order chi connectivity index (χ0) is 20.7. The van der Waals surface area contributed by atoms with Gasteiger partial charge in [0.05, 0.1) is 18.1 Å². The first-order valence-corrected chi connectivity index (χ1v) is 9.54. The van der Waals surface area contributed by atoms with Gasteiger partial charge in [-0.25, -0.2) is 9.78 Å². The van der Waals surface area contributed by atoms with Crippen LogP contribution in [-0.4, -0.2) is 39.3 Å². The lowest BCUT2D eigenvalue weighted by atomic mass is 10.2. The van der Waals surface area contributed by atoms with E-state index in [0.717, 1.165) is 0 Å². The van der Waals surface area contributed by atoms with Crippen molar-refractivity contribution in [2.75, 3.05) is 6.61 Å². The molecule has 0 spiro atoms. The average molecular weight is 403 g/mol. The van der Waals surface area contributed by atoms with Crippen LogP contribution in [0.3, 0.4) is 0 Å². The number of non-ortho nitro benzene ring substituents is 1. The molecule has 0 atom stereocenters. The zero-order valence-corrected chi connectivity index (χ0v) is 16.6. The second-order valence-corrected chi connectivity index (χ2v) is 7.03. The Bertz CT molecular complexity index is 874. The third kappa shape index (κ3) is 5.71. The van der Waals surface area contributed by atoms with Crippen molar-refractivity contribution >= 4 is 35.0 Å². The molecule has 0 saturated carbocycles. The van der Waals surface area contributed by atoms with Crippen molar-refractivity contribution in [1.29, 1.82) is 0 Å². The maximum Gasteiger partial charge on any atom is 0.357 e. The summed E-state index contributed by atoms with van der Waals surface area (Å²) in [5, 5.41) is 12.9. The molecule has 1 amide bonds. The maximum atomic E-state index is 12.6. The summed E-state index contributed by atoms with van der Waals surface area (Å²) in [7, 11) is 0. The number of ether oxygens (including phenoxy) is 1. The third-order valence-electron chi connectivity index (χ3n) is 3.77. The summed E-state index contributed by atoms with van der Waals surface area (Å²) in [4.78, 5) is 40.4. The van der Waals surface area contributed by atoms with Crippen molar-refractivity contribution in [1.82, 2.24) is 9.88 Å². The summed E-state index contributed by atoms with van der Waals surface area (Å²) >= 11 is 1.29. The van der Waals surface area contributed by atoms with Gasteiger partial charge < -0.3 is 9.64 Å². The molecule has 9 heteroatoms. The number of amides is 1. The van der Waals surface area contributed by atoms with E-state index in [1.165, 1.54) is 29.5 Å². The number of esters is 1. The quantitative estimate of drug-likeness (QED) is 0.288. The normalized spacial score (nSPS) is 11.0. The van der Waals surface area contributed by atoms with Crippen LogP contribution in [-0.2, 0) is 16.1 Å². The van der Waals surface area contributed by atoms with E-state index >= 15 is 0 Å².